The number of nitrogen functional groups attached to an aromatic ring is 1. The lowest BCUT2D eigenvalue weighted by atomic mass is 10.0. The normalized spacial score (nSPS) is 11.0. The lowest BCUT2D eigenvalue weighted by molar-refractivity contribution is 0.0953. The molecule has 0 aliphatic heterocycles. The molecule has 122 valence electrons. The number of hydrogen-bond acceptors (Lipinski definition) is 3. The number of rotatable bonds is 5. The molecule has 4 heteroatoms. The van der Waals surface area contributed by atoms with E-state index in [9.17, 15) is 4.79 Å². The molecule has 24 heavy (non-hydrogen) atoms. The van der Waals surface area contributed by atoms with Crippen molar-refractivity contribution in [2.75, 3.05) is 7.05 Å². The van der Waals surface area contributed by atoms with Crippen LogP contribution in [0.3, 0.4) is 0 Å². The summed E-state index contributed by atoms with van der Waals surface area (Å²) in [5.41, 5.74) is 5.18. The first-order valence-electron chi connectivity index (χ1n) is 7.92. The van der Waals surface area contributed by atoms with Crippen molar-refractivity contribution in [2.45, 2.75) is 13.1 Å². The highest BCUT2D eigenvalue weighted by molar-refractivity contribution is 5.93. The number of benzene rings is 3. The van der Waals surface area contributed by atoms with Crippen LogP contribution >= 0.6 is 0 Å². The van der Waals surface area contributed by atoms with Crippen LogP contribution < -0.4 is 11.3 Å². The number of carbonyl (C=O) groups excluding carboxylic acids is 1. The summed E-state index contributed by atoms with van der Waals surface area (Å²) in [6.07, 6.45) is 0. The maximum Gasteiger partial charge on any atom is 0.265 e. The van der Waals surface area contributed by atoms with Gasteiger partial charge in [0.1, 0.15) is 0 Å². The number of hydrazine groups is 1. The fraction of sp³-hybridized carbons (Fsp3) is 0.150. The highest BCUT2D eigenvalue weighted by Gasteiger charge is 2.07. The van der Waals surface area contributed by atoms with E-state index in [4.69, 9.17) is 5.84 Å². The highest BCUT2D eigenvalue weighted by Crippen LogP contribution is 2.20. The van der Waals surface area contributed by atoms with E-state index in [1.165, 1.54) is 16.3 Å². The van der Waals surface area contributed by atoms with Crippen LogP contribution in [0.4, 0.5) is 0 Å². The van der Waals surface area contributed by atoms with E-state index in [-0.39, 0.29) is 5.91 Å². The van der Waals surface area contributed by atoms with Gasteiger partial charge in [-0.1, -0.05) is 54.6 Å². The molecule has 0 bridgehead atoms. The first-order chi connectivity index (χ1) is 11.7. The number of nitrogens with one attached hydrogen (secondary N) is 1. The number of nitrogens with two attached hydrogens (primary N) is 1. The largest absolute Gasteiger partial charge is 0.298 e. The van der Waals surface area contributed by atoms with Crippen LogP contribution in [-0.2, 0) is 13.1 Å². The summed E-state index contributed by atoms with van der Waals surface area (Å²) >= 11 is 0. The summed E-state index contributed by atoms with van der Waals surface area (Å²) in [7, 11) is 2.10. The molecule has 3 rings (SSSR count). The van der Waals surface area contributed by atoms with Crippen LogP contribution in [0.1, 0.15) is 21.5 Å². The Morgan fingerprint density at radius 1 is 0.958 bits per heavy atom. The Kier molecular flexibility index (Phi) is 4.89. The third-order valence-electron chi connectivity index (χ3n) is 4.12. The van der Waals surface area contributed by atoms with Gasteiger partial charge in [-0.05, 0) is 41.1 Å². The quantitative estimate of drug-likeness (QED) is 0.432. The van der Waals surface area contributed by atoms with Gasteiger partial charge >= 0.3 is 0 Å². The number of hydrogen-bond donors (Lipinski definition) is 2. The fourth-order valence-electron chi connectivity index (χ4n) is 2.93. The molecule has 3 N–H and O–H groups in total. The molecule has 0 saturated heterocycles. The van der Waals surface area contributed by atoms with Gasteiger partial charge in [0.25, 0.3) is 5.91 Å². The van der Waals surface area contributed by atoms with Crippen LogP contribution in [0.2, 0.25) is 0 Å². The van der Waals surface area contributed by atoms with Gasteiger partial charge in [0, 0.05) is 18.7 Å². The third kappa shape index (κ3) is 3.62. The molecule has 0 saturated carbocycles. The topological polar surface area (TPSA) is 58.4 Å². The molecule has 4 nitrogen and oxygen atoms in total. The molecule has 0 heterocycles. The molecule has 3 aromatic carbocycles. The van der Waals surface area contributed by atoms with E-state index in [0.29, 0.717) is 5.56 Å². The monoisotopic (exact) mass is 319 g/mol. The summed E-state index contributed by atoms with van der Waals surface area (Å²) in [4.78, 5) is 13.7. The van der Waals surface area contributed by atoms with E-state index in [2.05, 4.69) is 59.8 Å². The number of carbonyl (C=O) groups is 1. The van der Waals surface area contributed by atoms with Gasteiger partial charge in [-0.25, -0.2) is 5.84 Å². The van der Waals surface area contributed by atoms with Crippen LogP contribution in [0, 0.1) is 0 Å². The number of fused-ring (bicyclic) bond motifs is 1. The summed E-state index contributed by atoms with van der Waals surface area (Å²) in [6, 6.07) is 22.4. The Balaban J connectivity index is 1.71. The first kappa shape index (κ1) is 16.2. The van der Waals surface area contributed by atoms with Gasteiger partial charge in [0.05, 0.1) is 0 Å². The SMILES string of the molecule is CN(Cc1ccc(C(=O)NN)cc1)Cc1cccc2ccccc12. The Morgan fingerprint density at radius 3 is 2.42 bits per heavy atom. The zero-order chi connectivity index (χ0) is 16.9. The summed E-state index contributed by atoms with van der Waals surface area (Å²) in [6.45, 7) is 1.68. The van der Waals surface area contributed by atoms with E-state index >= 15 is 0 Å². The van der Waals surface area contributed by atoms with Crippen molar-refractivity contribution >= 4 is 16.7 Å². The number of nitrogens with zero attached hydrogens (tertiary/aromatic N) is 1. The average Bonchev–Trinajstić information content (AvgIpc) is 2.62. The van der Waals surface area contributed by atoms with Gasteiger partial charge in [-0.15, -0.1) is 0 Å². The average molecular weight is 319 g/mol. The van der Waals surface area contributed by atoms with Gasteiger partial charge in [-0.3, -0.25) is 15.1 Å². The molecular weight excluding hydrogens is 298 g/mol. The van der Waals surface area contributed by atoms with Crippen molar-refractivity contribution in [3.8, 4) is 0 Å². The van der Waals surface area contributed by atoms with Crippen molar-refractivity contribution in [2.24, 2.45) is 5.84 Å². The first-order valence-corrected chi connectivity index (χ1v) is 7.92. The predicted octanol–water partition coefficient (Wildman–Crippen LogP) is 3.08. The summed E-state index contributed by atoms with van der Waals surface area (Å²) < 4.78 is 0. The lowest BCUT2D eigenvalue weighted by Gasteiger charge is -2.18. The van der Waals surface area contributed by atoms with Crippen molar-refractivity contribution in [1.29, 1.82) is 0 Å². The van der Waals surface area contributed by atoms with E-state index < -0.39 is 0 Å². The van der Waals surface area contributed by atoms with Gasteiger partial charge in [0.15, 0.2) is 0 Å². The Hall–Kier alpha value is -2.69. The van der Waals surface area contributed by atoms with Gasteiger partial charge in [0.2, 0.25) is 0 Å². The van der Waals surface area contributed by atoms with E-state index in [1.54, 1.807) is 12.1 Å². The molecule has 0 aliphatic rings. The van der Waals surface area contributed by atoms with E-state index in [0.717, 1.165) is 18.7 Å². The minimum atomic E-state index is -0.273. The Bertz CT molecular complexity index is 838. The Labute approximate surface area is 141 Å². The van der Waals surface area contributed by atoms with Crippen molar-refractivity contribution < 1.29 is 4.79 Å². The standard InChI is InChI=1S/C20H21N3O/c1-23(13-15-9-11-17(12-10-15)20(24)22-21)14-18-7-4-6-16-5-2-3-8-19(16)18/h2-12H,13-14,21H2,1H3,(H,22,24). The zero-order valence-corrected chi connectivity index (χ0v) is 13.7. The Morgan fingerprint density at radius 2 is 1.67 bits per heavy atom. The van der Waals surface area contributed by atoms with Crippen molar-refractivity contribution in [1.82, 2.24) is 10.3 Å². The van der Waals surface area contributed by atoms with Crippen LogP contribution in [-0.4, -0.2) is 17.9 Å². The fourth-order valence-corrected chi connectivity index (χ4v) is 2.93. The van der Waals surface area contributed by atoms with Crippen molar-refractivity contribution in [3.63, 3.8) is 0 Å². The second-order valence-corrected chi connectivity index (χ2v) is 5.98. The van der Waals surface area contributed by atoms with Gasteiger partial charge < -0.3 is 0 Å². The van der Waals surface area contributed by atoms with Crippen LogP contribution in [0.15, 0.2) is 66.7 Å². The molecule has 0 aliphatic carbocycles. The molecule has 0 atom stereocenters. The van der Waals surface area contributed by atoms with Crippen molar-refractivity contribution in [3.05, 3.63) is 83.4 Å². The lowest BCUT2D eigenvalue weighted by Crippen LogP contribution is -2.29. The molecular formula is C20H21N3O. The zero-order valence-electron chi connectivity index (χ0n) is 13.7. The molecule has 3 aromatic rings. The third-order valence-corrected chi connectivity index (χ3v) is 4.12. The van der Waals surface area contributed by atoms with Crippen LogP contribution in [0.25, 0.3) is 10.8 Å². The molecule has 1 amide bonds. The molecule has 0 unspecified atom stereocenters. The summed E-state index contributed by atoms with van der Waals surface area (Å²) in [5.74, 6) is 4.87. The second-order valence-electron chi connectivity index (χ2n) is 5.98. The smallest absolute Gasteiger partial charge is 0.265 e. The second kappa shape index (κ2) is 7.25. The van der Waals surface area contributed by atoms with E-state index in [1.807, 2.05) is 12.1 Å². The van der Waals surface area contributed by atoms with Gasteiger partial charge in [-0.2, -0.15) is 0 Å². The van der Waals surface area contributed by atoms with Crippen LogP contribution in [0.5, 0.6) is 0 Å². The molecule has 0 radical (unpaired) electrons. The minimum Gasteiger partial charge on any atom is -0.298 e. The number of amides is 1. The minimum absolute atomic E-state index is 0.273. The molecule has 0 spiro atoms. The summed E-state index contributed by atoms with van der Waals surface area (Å²) in [5, 5.41) is 2.56. The molecule has 0 fully saturated rings. The molecule has 0 aromatic heterocycles. The maximum atomic E-state index is 11.5. The maximum absolute atomic E-state index is 11.5. The predicted molar refractivity (Wildman–Crippen MR) is 97.2 cm³/mol. The highest BCUT2D eigenvalue weighted by atomic mass is 16.2.